The van der Waals surface area contributed by atoms with Crippen LogP contribution in [0.15, 0.2) is 54.6 Å². The predicted octanol–water partition coefficient (Wildman–Crippen LogP) is 3.93. The molecule has 3 aromatic rings. The van der Waals surface area contributed by atoms with E-state index in [0.717, 1.165) is 37.5 Å². The van der Waals surface area contributed by atoms with Crippen LogP contribution >= 0.6 is 0 Å². The molecular weight excluding hydrogens is 270 g/mol. The summed E-state index contributed by atoms with van der Waals surface area (Å²) in [5.41, 5.74) is 3.61. The molecule has 0 aliphatic rings. The van der Waals surface area contributed by atoms with E-state index in [1.807, 2.05) is 0 Å². The van der Waals surface area contributed by atoms with Crippen LogP contribution < -0.4 is 0 Å². The molecule has 0 fully saturated rings. The van der Waals surface area contributed by atoms with E-state index < -0.39 is 0 Å². The summed E-state index contributed by atoms with van der Waals surface area (Å²) >= 11 is 0. The number of fused-ring (bicyclic) bond motifs is 1. The average Bonchev–Trinajstić information content (AvgIpc) is 2.90. The Morgan fingerprint density at radius 1 is 0.909 bits per heavy atom. The Balaban J connectivity index is 2.00. The maximum Gasteiger partial charge on any atom is 0.115 e. The number of benzene rings is 2. The second-order valence-corrected chi connectivity index (χ2v) is 5.55. The molecule has 114 valence electrons. The van der Waals surface area contributed by atoms with Crippen LogP contribution in [-0.2, 0) is 13.1 Å². The van der Waals surface area contributed by atoms with Crippen molar-refractivity contribution in [1.82, 2.24) is 14.5 Å². The summed E-state index contributed by atoms with van der Waals surface area (Å²) in [6.07, 6.45) is 0.872. The summed E-state index contributed by atoms with van der Waals surface area (Å²) < 4.78 is 2.36. The third-order valence-electron chi connectivity index (χ3n) is 4.17. The van der Waals surface area contributed by atoms with E-state index in [1.165, 1.54) is 11.1 Å². The summed E-state index contributed by atoms with van der Waals surface area (Å²) in [6.45, 7) is 7.41. The van der Waals surface area contributed by atoms with Crippen LogP contribution in [0.1, 0.15) is 25.2 Å². The van der Waals surface area contributed by atoms with Gasteiger partial charge in [-0.15, -0.1) is 0 Å². The second-order valence-electron chi connectivity index (χ2n) is 5.55. The molecule has 0 aliphatic heterocycles. The number of aromatic nitrogens is 2. The highest BCUT2D eigenvalue weighted by molar-refractivity contribution is 5.76. The molecule has 3 nitrogen and oxygen atoms in total. The van der Waals surface area contributed by atoms with Crippen molar-refractivity contribution in [1.29, 1.82) is 0 Å². The summed E-state index contributed by atoms with van der Waals surface area (Å²) in [4.78, 5) is 7.29. The van der Waals surface area contributed by atoms with Crippen molar-refractivity contribution in [2.75, 3.05) is 13.1 Å². The molecule has 2 aromatic carbocycles. The summed E-state index contributed by atoms with van der Waals surface area (Å²) in [5, 5.41) is 0. The Morgan fingerprint density at radius 3 is 2.32 bits per heavy atom. The van der Waals surface area contributed by atoms with Gasteiger partial charge in [-0.2, -0.15) is 0 Å². The van der Waals surface area contributed by atoms with Crippen molar-refractivity contribution in [2.24, 2.45) is 0 Å². The lowest BCUT2D eigenvalue weighted by Crippen LogP contribution is -2.26. The lowest BCUT2D eigenvalue weighted by atomic mass is 10.1. The first-order valence-electron chi connectivity index (χ1n) is 8.02. The maximum absolute atomic E-state index is 4.87. The molecule has 3 heteroatoms. The largest absolute Gasteiger partial charge is 0.314 e. The number of imidazole rings is 1. The molecule has 1 heterocycles. The molecular formula is C19H23N3. The fourth-order valence-corrected chi connectivity index (χ4v) is 2.82. The minimum Gasteiger partial charge on any atom is -0.314 e. The van der Waals surface area contributed by atoms with Crippen LogP contribution in [0.2, 0.25) is 0 Å². The molecule has 0 saturated heterocycles. The molecule has 22 heavy (non-hydrogen) atoms. The van der Waals surface area contributed by atoms with Gasteiger partial charge in [-0.1, -0.05) is 56.3 Å². The van der Waals surface area contributed by atoms with Gasteiger partial charge in [0.25, 0.3) is 0 Å². The molecule has 0 spiro atoms. The van der Waals surface area contributed by atoms with E-state index in [1.54, 1.807) is 0 Å². The number of rotatable bonds is 6. The smallest absolute Gasteiger partial charge is 0.115 e. The molecule has 1 aromatic heterocycles. The van der Waals surface area contributed by atoms with Gasteiger partial charge in [0.15, 0.2) is 0 Å². The van der Waals surface area contributed by atoms with Gasteiger partial charge in [0.2, 0.25) is 0 Å². The van der Waals surface area contributed by atoms with Gasteiger partial charge in [-0.25, -0.2) is 4.98 Å². The summed E-state index contributed by atoms with van der Waals surface area (Å²) in [5.74, 6) is 1.14. The lowest BCUT2D eigenvalue weighted by Gasteiger charge is -2.20. The highest BCUT2D eigenvalue weighted by Gasteiger charge is 2.12. The van der Waals surface area contributed by atoms with Gasteiger partial charge in [-0.05, 0) is 30.8 Å². The van der Waals surface area contributed by atoms with Crippen molar-refractivity contribution in [2.45, 2.75) is 26.9 Å². The van der Waals surface area contributed by atoms with Crippen LogP contribution in [0, 0.1) is 0 Å². The van der Waals surface area contributed by atoms with Crippen molar-refractivity contribution in [3.8, 4) is 0 Å². The first-order valence-corrected chi connectivity index (χ1v) is 8.02. The molecule has 0 unspecified atom stereocenters. The quantitative estimate of drug-likeness (QED) is 0.686. The Morgan fingerprint density at radius 2 is 1.59 bits per heavy atom. The second kappa shape index (κ2) is 6.75. The minimum atomic E-state index is 0.872. The zero-order valence-corrected chi connectivity index (χ0v) is 13.4. The Bertz CT molecular complexity index is 727. The third-order valence-corrected chi connectivity index (χ3v) is 4.17. The topological polar surface area (TPSA) is 21.1 Å². The average molecular weight is 293 g/mol. The Kier molecular flexibility index (Phi) is 4.54. The lowest BCUT2D eigenvalue weighted by molar-refractivity contribution is 0.242. The first kappa shape index (κ1) is 14.8. The van der Waals surface area contributed by atoms with Crippen LogP contribution in [0.3, 0.4) is 0 Å². The number of nitrogens with zero attached hydrogens (tertiary/aromatic N) is 3. The normalized spacial score (nSPS) is 11.4. The summed E-state index contributed by atoms with van der Waals surface area (Å²) in [7, 11) is 0. The van der Waals surface area contributed by atoms with Gasteiger partial charge in [-0.3, -0.25) is 4.90 Å². The predicted molar refractivity (Wildman–Crippen MR) is 91.9 cm³/mol. The van der Waals surface area contributed by atoms with Gasteiger partial charge < -0.3 is 4.57 Å². The number of hydrogen-bond acceptors (Lipinski definition) is 2. The molecule has 0 amide bonds. The molecule has 0 bridgehead atoms. The van der Waals surface area contributed by atoms with Gasteiger partial charge in [0.05, 0.1) is 17.7 Å². The van der Waals surface area contributed by atoms with E-state index in [4.69, 9.17) is 4.98 Å². The van der Waals surface area contributed by atoms with Crippen molar-refractivity contribution < 1.29 is 0 Å². The monoisotopic (exact) mass is 293 g/mol. The number of para-hydroxylation sites is 2. The Labute approximate surface area is 132 Å². The van der Waals surface area contributed by atoms with Crippen LogP contribution in [0.25, 0.3) is 11.0 Å². The van der Waals surface area contributed by atoms with Crippen molar-refractivity contribution in [3.05, 3.63) is 66.0 Å². The van der Waals surface area contributed by atoms with E-state index in [9.17, 15) is 0 Å². The fraction of sp³-hybridized carbons (Fsp3) is 0.316. The molecule has 0 radical (unpaired) electrons. The van der Waals surface area contributed by atoms with E-state index in [-0.39, 0.29) is 0 Å². The highest BCUT2D eigenvalue weighted by Crippen LogP contribution is 2.19. The SMILES string of the molecule is CCN(CC)Cn1c(Cc2ccccc2)nc2ccccc21. The zero-order valence-electron chi connectivity index (χ0n) is 13.4. The van der Waals surface area contributed by atoms with E-state index >= 15 is 0 Å². The number of hydrogen-bond donors (Lipinski definition) is 0. The third kappa shape index (κ3) is 3.04. The van der Waals surface area contributed by atoms with Crippen molar-refractivity contribution >= 4 is 11.0 Å². The molecule has 0 atom stereocenters. The Hall–Kier alpha value is -2.13. The van der Waals surface area contributed by atoms with Gasteiger partial charge in [0, 0.05) is 6.42 Å². The maximum atomic E-state index is 4.87. The van der Waals surface area contributed by atoms with Gasteiger partial charge >= 0.3 is 0 Å². The highest BCUT2D eigenvalue weighted by atomic mass is 15.3. The molecule has 0 saturated carbocycles. The molecule has 3 rings (SSSR count). The van der Waals surface area contributed by atoms with Gasteiger partial charge in [0.1, 0.15) is 5.82 Å². The zero-order chi connectivity index (χ0) is 15.4. The fourth-order valence-electron chi connectivity index (χ4n) is 2.82. The van der Waals surface area contributed by atoms with E-state index in [2.05, 4.69) is 77.9 Å². The van der Waals surface area contributed by atoms with E-state index in [0.29, 0.717) is 0 Å². The van der Waals surface area contributed by atoms with Crippen LogP contribution in [0.5, 0.6) is 0 Å². The van der Waals surface area contributed by atoms with Crippen molar-refractivity contribution in [3.63, 3.8) is 0 Å². The molecule has 0 N–H and O–H groups in total. The van der Waals surface area contributed by atoms with Crippen LogP contribution in [0.4, 0.5) is 0 Å². The summed E-state index contributed by atoms with van der Waals surface area (Å²) in [6, 6.07) is 19.0. The molecule has 0 aliphatic carbocycles. The standard InChI is InChI=1S/C19H23N3/c1-3-21(4-2)15-22-18-13-9-8-12-17(18)20-19(22)14-16-10-6-5-7-11-16/h5-13H,3-4,14-15H2,1-2H3. The first-order chi connectivity index (χ1) is 10.8. The van der Waals surface area contributed by atoms with Crippen LogP contribution in [-0.4, -0.2) is 27.5 Å². The minimum absolute atomic E-state index is 0.872.